The number of carbonyl (C=O) groups excluding carboxylic acids is 2. The molecule has 0 fully saturated rings. The maximum Gasteiger partial charge on any atom is 0.177 e. The topological polar surface area (TPSA) is 63.9 Å². The minimum Gasteiger partial charge on any atom is -0.496 e. The number of hydrogen-bond donors (Lipinski definition) is 0. The normalized spacial score (nSPS) is 15.9. The third kappa shape index (κ3) is 2.71. The Kier molecular flexibility index (Phi) is 5.00. The molecular formula is C23H22ClN3O3. The first-order valence-corrected chi connectivity index (χ1v) is 9.63. The number of methoxy groups -OCH3 is 1. The molecule has 154 valence electrons. The Bertz CT molecular complexity index is 1330. The number of ketones is 2. The second kappa shape index (κ2) is 7.38. The summed E-state index contributed by atoms with van der Waals surface area (Å²) in [6.45, 7) is 0.668. The first-order valence-electron chi connectivity index (χ1n) is 9.63. The van der Waals surface area contributed by atoms with E-state index in [2.05, 4.69) is 4.98 Å². The predicted molar refractivity (Wildman–Crippen MR) is 119 cm³/mol. The van der Waals surface area contributed by atoms with E-state index >= 15 is 0 Å². The average Bonchev–Trinajstić information content (AvgIpc) is 3.07. The lowest BCUT2D eigenvalue weighted by Gasteiger charge is -2.22. The molecule has 0 saturated heterocycles. The second-order valence-corrected chi connectivity index (χ2v) is 7.79. The molecule has 0 aliphatic heterocycles. The number of Topliss-reactive ketones (excluding diaryl/α,β-unsaturated/α-hetero) is 2. The molecule has 0 N–H and O–H groups in total. The molecule has 0 bridgehead atoms. The van der Waals surface area contributed by atoms with Gasteiger partial charge in [0.25, 0.3) is 0 Å². The van der Waals surface area contributed by atoms with E-state index in [-0.39, 0.29) is 24.0 Å². The summed E-state index contributed by atoms with van der Waals surface area (Å²) < 4.78 is 7.40. The molecule has 4 aromatic rings. The van der Waals surface area contributed by atoms with Crippen LogP contribution in [0.4, 0.5) is 0 Å². The van der Waals surface area contributed by atoms with Crippen molar-refractivity contribution < 1.29 is 14.3 Å². The minimum absolute atomic E-state index is 0. The highest BCUT2D eigenvalue weighted by atomic mass is 35.5. The Labute approximate surface area is 179 Å². The van der Waals surface area contributed by atoms with Gasteiger partial charge in [0.1, 0.15) is 5.75 Å². The van der Waals surface area contributed by atoms with Crippen molar-refractivity contribution in [3.8, 4) is 5.75 Å². The summed E-state index contributed by atoms with van der Waals surface area (Å²) in [5.74, 6) is -0.149. The highest BCUT2D eigenvalue weighted by Crippen LogP contribution is 2.41. The summed E-state index contributed by atoms with van der Waals surface area (Å²) in [4.78, 5) is 33.0. The quantitative estimate of drug-likeness (QED) is 0.464. The van der Waals surface area contributed by atoms with Crippen molar-refractivity contribution in [2.24, 2.45) is 5.92 Å². The predicted octanol–water partition coefficient (Wildman–Crippen LogP) is 4.02. The molecule has 1 unspecified atom stereocenters. The molecule has 2 aromatic carbocycles. The van der Waals surface area contributed by atoms with Gasteiger partial charge in [-0.2, -0.15) is 0 Å². The fraction of sp³-hybridized carbons (Fsp3) is 0.261. The number of benzene rings is 2. The number of rotatable bonds is 4. The van der Waals surface area contributed by atoms with Crippen molar-refractivity contribution in [3.63, 3.8) is 0 Å². The Morgan fingerprint density at radius 1 is 1.10 bits per heavy atom. The standard InChI is InChI=1S/C23H21N3O3.ClH/c1-25(2)10-9-15-22(27)16-11-24-12-26-17-8-7-13-14(5-4-6-18(13)29-3)19(17)20(21(16)26)23(15)28;/h4-8,11-12,15H,9-10H2,1-3H3;1H. The largest absolute Gasteiger partial charge is 0.496 e. The van der Waals surface area contributed by atoms with Gasteiger partial charge in [0.2, 0.25) is 0 Å². The molecule has 5 rings (SSSR count). The SMILES string of the molecule is COc1cccc2c1ccc1c2c2c3c(cncn31)C(=O)C(CCN(C)C)C2=O.Cl. The summed E-state index contributed by atoms with van der Waals surface area (Å²) in [6.07, 6.45) is 3.77. The van der Waals surface area contributed by atoms with Crippen LogP contribution in [-0.4, -0.2) is 53.6 Å². The highest BCUT2D eigenvalue weighted by Gasteiger charge is 2.38. The number of carbonyl (C=O) groups is 2. The molecule has 1 aliphatic carbocycles. The molecular weight excluding hydrogens is 402 g/mol. The van der Waals surface area contributed by atoms with E-state index in [1.807, 2.05) is 53.7 Å². The van der Waals surface area contributed by atoms with Gasteiger partial charge in [-0.25, -0.2) is 4.98 Å². The van der Waals surface area contributed by atoms with E-state index < -0.39 is 5.92 Å². The zero-order valence-corrected chi connectivity index (χ0v) is 17.8. The van der Waals surface area contributed by atoms with Gasteiger partial charge in [-0.05, 0) is 50.6 Å². The summed E-state index contributed by atoms with van der Waals surface area (Å²) in [7, 11) is 5.53. The van der Waals surface area contributed by atoms with Crippen molar-refractivity contribution in [3.05, 3.63) is 54.0 Å². The van der Waals surface area contributed by atoms with Gasteiger partial charge in [0.05, 0.1) is 41.5 Å². The number of nitrogens with zero attached hydrogens (tertiary/aromatic N) is 3. The average molecular weight is 424 g/mol. The van der Waals surface area contributed by atoms with Crippen molar-refractivity contribution in [2.75, 3.05) is 27.7 Å². The van der Waals surface area contributed by atoms with Crippen LogP contribution in [0.1, 0.15) is 27.1 Å². The monoisotopic (exact) mass is 423 g/mol. The molecule has 1 aliphatic rings. The summed E-state index contributed by atoms with van der Waals surface area (Å²) in [5.41, 5.74) is 2.69. The number of ether oxygens (including phenoxy) is 1. The lowest BCUT2D eigenvalue weighted by Crippen LogP contribution is -2.32. The third-order valence-corrected chi connectivity index (χ3v) is 5.86. The molecule has 0 saturated carbocycles. The third-order valence-electron chi connectivity index (χ3n) is 5.86. The summed E-state index contributed by atoms with van der Waals surface area (Å²) in [6, 6.07) is 9.81. The maximum absolute atomic E-state index is 13.6. The molecule has 2 heterocycles. The van der Waals surface area contributed by atoms with Crippen molar-refractivity contribution in [1.29, 1.82) is 0 Å². The number of aromatic nitrogens is 2. The van der Waals surface area contributed by atoms with E-state index in [1.165, 1.54) is 0 Å². The zero-order valence-electron chi connectivity index (χ0n) is 17.0. The van der Waals surface area contributed by atoms with Gasteiger partial charge < -0.3 is 9.64 Å². The van der Waals surface area contributed by atoms with Crippen molar-refractivity contribution in [1.82, 2.24) is 14.3 Å². The molecule has 0 spiro atoms. The Balaban J connectivity index is 0.00000218. The molecule has 30 heavy (non-hydrogen) atoms. The van der Waals surface area contributed by atoms with Crippen LogP contribution in [0.5, 0.6) is 5.75 Å². The van der Waals surface area contributed by atoms with Gasteiger partial charge in [-0.15, -0.1) is 12.4 Å². The van der Waals surface area contributed by atoms with Gasteiger partial charge in [0.15, 0.2) is 11.6 Å². The minimum atomic E-state index is -0.677. The Morgan fingerprint density at radius 2 is 1.90 bits per heavy atom. The lowest BCUT2D eigenvalue weighted by molar-refractivity contribution is 0.0788. The Hall–Kier alpha value is -2.96. The van der Waals surface area contributed by atoms with Crippen LogP contribution < -0.4 is 4.74 Å². The van der Waals surface area contributed by atoms with Gasteiger partial charge >= 0.3 is 0 Å². The zero-order chi connectivity index (χ0) is 20.3. The fourth-order valence-corrected chi connectivity index (χ4v) is 4.49. The van der Waals surface area contributed by atoms with E-state index in [1.54, 1.807) is 19.6 Å². The van der Waals surface area contributed by atoms with E-state index in [0.29, 0.717) is 29.6 Å². The molecule has 7 heteroatoms. The molecule has 6 nitrogen and oxygen atoms in total. The van der Waals surface area contributed by atoms with E-state index in [4.69, 9.17) is 4.74 Å². The molecule has 0 amide bonds. The summed E-state index contributed by atoms with van der Waals surface area (Å²) >= 11 is 0. The van der Waals surface area contributed by atoms with Crippen molar-refractivity contribution >= 4 is 51.2 Å². The van der Waals surface area contributed by atoms with E-state index in [0.717, 1.165) is 27.4 Å². The van der Waals surface area contributed by atoms with Crippen LogP contribution in [0.25, 0.3) is 27.2 Å². The van der Waals surface area contributed by atoms with Crippen LogP contribution in [0.3, 0.4) is 0 Å². The van der Waals surface area contributed by atoms with Crippen LogP contribution >= 0.6 is 12.4 Å². The lowest BCUT2D eigenvalue weighted by atomic mass is 9.81. The first kappa shape index (κ1) is 20.3. The number of halogens is 1. The Morgan fingerprint density at radius 3 is 2.63 bits per heavy atom. The van der Waals surface area contributed by atoms with Crippen LogP contribution in [-0.2, 0) is 0 Å². The van der Waals surface area contributed by atoms with E-state index in [9.17, 15) is 9.59 Å². The molecule has 0 radical (unpaired) electrons. The maximum atomic E-state index is 13.6. The first-order chi connectivity index (χ1) is 14.0. The van der Waals surface area contributed by atoms with Crippen molar-refractivity contribution in [2.45, 2.75) is 6.42 Å². The van der Waals surface area contributed by atoms with Crippen LogP contribution in [0.15, 0.2) is 42.9 Å². The highest BCUT2D eigenvalue weighted by molar-refractivity contribution is 6.33. The van der Waals surface area contributed by atoms with Gasteiger partial charge in [-0.3, -0.25) is 14.0 Å². The molecule has 1 atom stereocenters. The number of hydrogen-bond acceptors (Lipinski definition) is 5. The second-order valence-electron chi connectivity index (χ2n) is 7.79. The fourth-order valence-electron chi connectivity index (χ4n) is 4.49. The van der Waals surface area contributed by atoms with Crippen LogP contribution in [0.2, 0.25) is 0 Å². The number of fused-ring (bicyclic) bond motifs is 5. The van der Waals surface area contributed by atoms with Gasteiger partial charge in [-0.1, -0.05) is 12.1 Å². The summed E-state index contributed by atoms with van der Waals surface area (Å²) in [5, 5.41) is 2.75. The van der Waals surface area contributed by atoms with Gasteiger partial charge in [0, 0.05) is 17.0 Å². The molecule has 2 aromatic heterocycles. The smallest absolute Gasteiger partial charge is 0.177 e. The van der Waals surface area contributed by atoms with Crippen LogP contribution in [0, 0.1) is 5.92 Å².